The van der Waals surface area contributed by atoms with Crippen molar-refractivity contribution >= 4 is 27.3 Å². The van der Waals surface area contributed by atoms with Gasteiger partial charge in [0, 0.05) is 19.2 Å². The number of sulfonamides is 1. The first-order chi connectivity index (χ1) is 7.80. The van der Waals surface area contributed by atoms with Crippen LogP contribution in [0, 0.1) is 10.1 Å². The van der Waals surface area contributed by atoms with Crippen LogP contribution >= 0.6 is 11.6 Å². The van der Waals surface area contributed by atoms with Crippen LogP contribution in [-0.4, -0.2) is 32.0 Å². The maximum atomic E-state index is 11.9. The summed E-state index contributed by atoms with van der Waals surface area (Å²) in [6.07, 6.45) is 0. The Morgan fingerprint density at radius 2 is 2.06 bits per heavy atom. The lowest BCUT2D eigenvalue weighted by Gasteiger charge is -2.14. The Bertz CT molecular complexity index is 545. The molecule has 7 nitrogen and oxygen atoms in total. The van der Waals surface area contributed by atoms with Crippen LogP contribution < -0.4 is 0 Å². The van der Waals surface area contributed by atoms with E-state index in [4.69, 9.17) is 11.6 Å². The van der Waals surface area contributed by atoms with E-state index in [1.807, 2.05) is 0 Å². The number of halogens is 1. The molecular formula is C8H9ClN2O5S. The predicted octanol–water partition coefficient (Wildman–Crippen LogP) is 1.43. The minimum absolute atomic E-state index is 0.112. The Morgan fingerprint density at radius 1 is 1.47 bits per heavy atom. The summed E-state index contributed by atoms with van der Waals surface area (Å²) in [5.74, 6) is 0. The van der Waals surface area contributed by atoms with Gasteiger partial charge in [-0.25, -0.2) is 8.42 Å². The number of nitro benzene ring substituents is 1. The molecule has 0 saturated carbocycles. The molecule has 0 radical (unpaired) electrons. The van der Waals surface area contributed by atoms with Gasteiger partial charge in [0.15, 0.2) is 0 Å². The highest BCUT2D eigenvalue weighted by molar-refractivity contribution is 7.89. The quantitative estimate of drug-likeness (QED) is 0.615. The van der Waals surface area contributed by atoms with E-state index in [2.05, 4.69) is 4.84 Å². The van der Waals surface area contributed by atoms with Crippen molar-refractivity contribution in [3.8, 4) is 0 Å². The second-order valence-electron chi connectivity index (χ2n) is 2.97. The number of non-ortho nitro benzene ring substituents is 1. The number of hydrogen-bond acceptors (Lipinski definition) is 5. The molecule has 0 fully saturated rings. The normalized spacial score (nSPS) is 11.8. The first-order valence-electron chi connectivity index (χ1n) is 4.27. The van der Waals surface area contributed by atoms with E-state index in [0.717, 1.165) is 32.4 Å². The molecule has 0 unspecified atom stereocenters. The lowest BCUT2D eigenvalue weighted by atomic mass is 10.3. The van der Waals surface area contributed by atoms with E-state index < -0.39 is 14.9 Å². The van der Waals surface area contributed by atoms with Gasteiger partial charge in [0.2, 0.25) is 0 Å². The SMILES string of the molecule is CON(C)S(=O)(=O)c1cc([N+](=O)[O-])ccc1Cl. The first-order valence-corrected chi connectivity index (χ1v) is 6.09. The average molecular weight is 281 g/mol. The number of benzene rings is 1. The molecule has 0 aliphatic carbocycles. The van der Waals surface area contributed by atoms with E-state index in [1.54, 1.807) is 0 Å². The summed E-state index contributed by atoms with van der Waals surface area (Å²) in [4.78, 5) is 14.0. The molecule has 0 spiro atoms. The summed E-state index contributed by atoms with van der Waals surface area (Å²) < 4.78 is 24.3. The van der Waals surface area contributed by atoms with E-state index in [-0.39, 0.29) is 15.6 Å². The van der Waals surface area contributed by atoms with Gasteiger partial charge >= 0.3 is 0 Å². The third-order valence-electron chi connectivity index (χ3n) is 2.00. The molecular weight excluding hydrogens is 272 g/mol. The zero-order valence-corrected chi connectivity index (χ0v) is 10.5. The van der Waals surface area contributed by atoms with Crippen molar-refractivity contribution in [1.82, 2.24) is 4.47 Å². The molecule has 0 amide bonds. The van der Waals surface area contributed by atoms with Crippen LogP contribution in [0.4, 0.5) is 5.69 Å². The topological polar surface area (TPSA) is 89.8 Å². The summed E-state index contributed by atoms with van der Waals surface area (Å²) in [6.45, 7) is 0. The summed E-state index contributed by atoms with van der Waals surface area (Å²) in [7, 11) is -1.69. The smallest absolute Gasteiger partial charge is 0.270 e. The summed E-state index contributed by atoms with van der Waals surface area (Å²) in [5, 5.41) is 10.4. The fourth-order valence-electron chi connectivity index (χ4n) is 1.04. The molecule has 17 heavy (non-hydrogen) atoms. The van der Waals surface area contributed by atoms with Gasteiger partial charge in [-0.2, -0.15) is 0 Å². The minimum Gasteiger partial charge on any atom is -0.288 e. The van der Waals surface area contributed by atoms with E-state index in [9.17, 15) is 18.5 Å². The Hall–Kier alpha value is -1.22. The third-order valence-corrected chi connectivity index (χ3v) is 4.16. The molecule has 0 aromatic heterocycles. The summed E-state index contributed by atoms with van der Waals surface area (Å²) in [6, 6.07) is 3.15. The summed E-state index contributed by atoms with van der Waals surface area (Å²) >= 11 is 5.70. The standard InChI is InChI=1S/C8H9ClN2O5S/c1-10(16-2)17(14,15)8-5-6(11(12)13)3-4-7(8)9/h3-5H,1-2H3. The molecule has 9 heteroatoms. The number of nitrogens with zero attached hydrogens (tertiary/aromatic N) is 2. The van der Waals surface area contributed by atoms with Crippen LogP contribution in [0.25, 0.3) is 0 Å². The molecule has 94 valence electrons. The van der Waals surface area contributed by atoms with Gasteiger partial charge in [0.05, 0.1) is 17.1 Å². The van der Waals surface area contributed by atoms with Gasteiger partial charge in [-0.1, -0.05) is 16.1 Å². The van der Waals surface area contributed by atoms with Crippen molar-refractivity contribution in [3.05, 3.63) is 33.3 Å². The molecule has 0 atom stereocenters. The number of nitro groups is 1. The molecule has 0 aliphatic heterocycles. The molecule has 0 bridgehead atoms. The van der Waals surface area contributed by atoms with Crippen LogP contribution in [0.3, 0.4) is 0 Å². The van der Waals surface area contributed by atoms with Gasteiger partial charge in [-0.15, -0.1) is 0 Å². The zero-order valence-electron chi connectivity index (χ0n) is 8.95. The first kappa shape index (κ1) is 13.8. The van der Waals surface area contributed by atoms with Gasteiger partial charge < -0.3 is 0 Å². The summed E-state index contributed by atoms with van der Waals surface area (Å²) in [5.41, 5.74) is -0.363. The number of hydrogen-bond donors (Lipinski definition) is 0. The monoisotopic (exact) mass is 280 g/mol. The van der Waals surface area contributed by atoms with Crippen LogP contribution in [0.15, 0.2) is 23.1 Å². The fraction of sp³-hybridized carbons (Fsp3) is 0.250. The highest BCUT2D eigenvalue weighted by atomic mass is 35.5. The van der Waals surface area contributed by atoms with E-state index >= 15 is 0 Å². The highest BCUT2D eigenvalue weighted by Gasteiger charge is 2.26. The second-order valence-corrected chi connectivity index (χ2v) is 5.28. The molecule has 0 heterocycles. The van der Waals surface area contributed by atoms with Gasteiger partial charge in [0.1, 0.15) is 4.90 Å². The van der Waals surface area contributed by atoms with Crippen LogP contribution in [0.5, 0.6) is 0 Å². The second kappa shape index (κ2) is 4.96. The van der Waals surface area contributed by atoms with Crippen molar-refractivity contribution < 1.29 is 18.2 Å². The Morgan fingerprint density at radius 3 is 2.53 bits per heavy atom. The van der Waals surface area contributed by atoms with E-state index in [1.165, 1.54) is 0 Å². The average Bonchev–Trinajstić information content (AvgIpc) is 2.27. The maximum absolute atomic E-state index is 11.9. The molecule has 1 aromatic rings. The highest BCUT2D eigenvalue weighted by Crippen LogP contribution is 2.28. The number of rotatable bonds is 4. The zero-order chi connectivity index (χ0) is 13.2. The lowest BCUT2D eigenvalue weighted by Crippen LogP contribution is -2.26. The largest absolute Gasteiger partial charge is 0.288 e. The Balaban J connectivity index is 3.40. The van der Waals surface area contributed by atoms with Gasteiger partial charge in [-0.3, -0.25) is 15.0 Å². The van der Waals surface area contributed by atoms with Crippen LogP contribution in [0.2, 0.25) is 5.02 Å². The predicted molar refractivity (Wildman–Crippen MR) is 60.1 cm³/mol. The molecule has 0 aliphatic rings. The van der Waals surface area contributed by atoms with Crippen molar-refractivity contribution in [2.75, 3.05) is 14.2 Å². The van der Waals surface area contributed by atoms with Gasteiger partial charge in [0.25, 0.3) is 15.7 Å². The van der Waals surface area contributed by atoms with Crippen LogP contribution in [0.1, 0.15) is 0 Å². The van der Waals surface area contributed by atoms with Crippen LogP contribution in [-0.2, 0) is 14.9 Å². The molecule has 0 N–H and O–H groups in total. The minimum atomic E-state index is -4.00. The van der Waals surface area contributed by atoms with Crippen molar-refractivity contribution in [3.63, 3.8) is 0 Å². The van der Waals surface area contributed by atoms with Crippen molar-refractivity contribution in [2.45, 2.75) is 4.90 Å². The maximum Gasteiger partial charge on any atom is 0.270 e. The van der Waals surface area contributed by atoms with Crippen molar-refractivity contribution in [1.29, 1.82) is 0 Å². The third kappa shape index (κ3) is 2.72. The molecule has 1 rings (SSSR count). The molecule has 0 saturated heterocycles. The van der Waals surface area contributed by atoms with Gasteiger partial charge in [-0.05, 0) is 6.07 Å². The Labute approximate surface area is 103 Å². The van der Waals surface area contributed by atoms with E-state index in [0.29, 0.717) is 4.47 Å². The Kier molecular flexibility index (Phi) is 4.04. The fourth-order valence-corrected chi connectivity index (χ4v) is 2.51. The van der Waals surface area contributed by atoms with Crippen molar-refractivity contribution in [2.24, 2.45) is 0 Å². The number of hydroxylamine groups is 1. The lowest BCUT2D eigenvalue weighted by molar-refractivity contribution is -0.385. The molecule has 1 aromatic carbocycles.